The smallest absolute Gasteiger partial charge is 0.225 e. The van der Waals surface area contributed by atoms with E-state index in [0.29, 0.717) is 24.4 Å². The van der Waals surface area contributed by atoms with Crippen LogP contribution in [0.4, 0.5) is 5.69 Å². The first kappa shape index (κ1) is 15.8. The number of allylic oxidation sites excluding steroid dienone is 2. The Kier molecular flexibility index (Phi) is 4.01. The van der Waals surface area contributed by atoms with Crippen molar-refractivity contribution in [1.82, 2.24) is 9.88 Å². The van der Waals surface area contributed by atoms with Crippen LogP contribution in [0.1, 0.15) is 20.8 Å². The highest BCUT2D eigenvalue weighted by Crippen LogP contribution is 2.30. The van der Waals surface area contributed by atoms with Crippen molar-refractivity contribution >= 4 is 28.9 Å². The van der Waals surface area contributed by atoms with E-state index < -0.39 is 0 Å². The molecule has 126 valence electrons. The predicted molar refractivity (Wildman–Crippen MR) is 96.0 cm³/mol. The van der Waals surface area contributed by atoms with Crippen LogP contribution in [0.2, 0.25) is 0 Å². The molecule has 0 amide bonds. The van der Waals surface area contributed by atoms with Gasteiger partial charge >= 0.3 is 0 Å². The summed E-state index contributed by atoms with van der Waals surface area (Å²) in [6.45, 7) is 2.79. The lowest BCUT2D eigenvalue weighted by molar-refractivity contribution is 0.0942. The lowest BCUT2D eigenvalue weighted by Crippen LogP contribution is -2.48. The fourth-order valence-corrected chi connectivity index (χ4v) is 3.61. The summed E-state index contributed by atoms with van der Waals surface area (Å²) in [5.74, 6) is -0.599. The zero-order valence-electron chi connectivity index (χ0n) is 13.5. The molecular weight excluding hydrogens is 338 g/mol. The van der Waals surface area contributed by atoms with Crippen LogP contribution >= 0.6 is 11.6 Å². The number of carbonyl (C=O) groups excluding carboxylic acids is 2. The van der Waals surface area contributed by atoms with Crippen LogP contribution in [-0.2, 0) is 0 Å². The molecule has 2 aromatic rings. The number of benzene rings is 1. The van der Waals surface area contributed by atoms with Crippen molar-refractivity contribution in [3.8, 4) is 0 Å². The summed E-state index contributed by atoms with van der Waals surface area (Å²) in [6, 6.07) is 13.4. The van der Waals surface area contributed by atoms with E-state index in [9.17, 15) is 9.59 Å². The Bertz CT molecular complexity index is 871. The van der Waals surface area contributed by atoms with Crippen molar-refractivity contribution in [3.05, 3.63) is 70.6 Å². The number of pyridine rings is 1. The van der Waals surface area contributed by atoms with Crippen molar-refractivity contribution < 1.29 is 9.59 Å². The minimum Gasteiger partial charge on any atom is -0.368 e. The molecule has 1 fully saturated rings. The van der Waals surface area contributed by atoms with Gasteiger partial charge in [0.2, 0.25) is 11.6 Å². The number of rotatable bonds is 2. The Morgan fingerprint density at radius 1 is 0.840 bits per heavy atom. The van der Waals surface area contributed by atoms with E-state index in [1.165, 1.54) is 6.20 Å². The number of hydrogen-bond donors (Lipinski definition) is 0. The topological polar surface area (TPSA) is 53.5 Å². The van der Waals surface area contributed by atoms with Gasteiger partial charge in [0.1, 0.15) is 16.4 Å². The minimum atomic E-state index is -0.377. The van der Waals surface area contributed by atoms with E-state index in [4.69, 9.17) is 11.6 Å². The number of Topliss-reactive ketones (excluding diaryl/α,β-unsaturated/α-hetero) is 2. The average molecular weight is 354 g/mol. The van der Waals surface area contributed by atoms with Crippen LogP contribution in [-0.4, -0.2) is 47.6 Å². The van der Waals surface area contributed by atoms with Gasteiger partial charge in [-0.1, -0.05) is 29.8 Å². The number of para-hydroxylation sites is 1. The van der Waals surface area contributed by atoms with E-state index in [1.807, 2.05) is 23.1 Å². The van der Waals surface area contributed by atoms with Gasteiger partial charge in [0, 0.05) is 38.1 Å². The van der Waals surface area contributed by atoms with Gasteiger partial charge in [-0.05, 0) is 24.3 Å². The van der Waals surface area contributed by atoms with Crippen LogP contribution in [0.25, 0.3) is 0 Å². The van der Waals surface area contributed by atoms with Gasteiger partial charge in [-0.2, -0.15) is 0 Å². The van der Waals surface area contributed by atoms with Crippen molar-refractivity contribution in [1.29, 1.82) is 0 Å². The van der Waals surface area contributed by atoms with Crippen molar-refractivity contribution in [2.24, 2.45) is 0 Å². The molecule has 2 heterocycles. The number of carbonyl (C=O) groups is 2. The predicted octanol–water partition coefficient (Wildman–Crippen LogP) is 2.73. The molecule has 1 aromatic carbocycles. The molecule has 1 saturated heterocycles. The van der Waals surface area contributed by atoms with E-state index in [0.717, 1.165) is 18.8 Å². The van der Waals surface area contributed by atoms with Gasteiger partial charge in [-0.3, -0.25) is 14.6 Å². The molecular formula is C19H16ClN3O2. The molecule has 0 atom stereocenters. The fourth-order valence-electron chi connectivity index (χ4n) is 3.32. The molecule has 1 aromatic heterocycles. The van der Waals surface area contributed by atoms with Crippen LogP contribution in [0.15, 0.2) is 59.4 Å². The van der Waals surface area contributed by atoms with E-state index in [-0.39, 0.29) is 22.3 Å². The van der Waals surface area contributed by atoms with Crippen LogP contribution in [0.5, 0.6) is 0 Å². The average Bonchev–Trinajstić information content (AvgIpc) is 2.68. The summed E-state index contributed by atoms with van der Waals surface area (Å²) < 4.78 is 0. The minimum absolute atomic E-state index is 0.0237. The summed E-state index contributed by atoms with van der Waals surface area (Å²) >= 11 is 6.26. The van der Waals surface area contributed by atoms with Gasteiger partial charge in [-0.25, -0.2) is 0 Å². The second kappa shape index (κ2) is 6.33. The SMILES string of the molecule is O=C1C(N2CCN(c3ccccc3)CC2)=C(Cl)C(=O)c2ncccc21. The molecule has 2 aliphatic rings. The number of piperazine rings is 1. The van der Waals surface area contributed by atoms with E-state index >= 15 is 0 Å². The Morgan fingerprint density at radius 3 is 2.24 bits per heavy atom. The number of anilines is 1. The first-order valence-electron chi connectivity index (χ1n) is 8.16. The number of aromatic nitrogens is 1. The molecule has 4 rings (SSSR count). The Labute approximate surface area is 150 Å². The van der Waals surface area contributed by atoms with Gasteiger partial charge in [0.15, 0.2) is 0 Å². The number of halogens is 1. The summed E-state index contributed by atoms with van der Waals surface area (Å²) in [5.41, 5.74) is 1.93. The Hall–Kier alpha value is -2.66. The molecule has 25 heavy (non-hydrogen) atoms. The van der Waals surface area contributed by atoms with Crippen LogP contribution < -0.4 is 4.90 Å². The molecule has 5 nitrogen and oxygen atoms in total. The maximum absolute atomic E-state index is 12.8. The normalized spacial score (nSPS) is 17.8. The largest absolute Gasteiger partial charge is 0.368 e. The second-order valence-electron chi connectivity index (χ2n) is 6.03. The lowest BCUT2D eigenvalue weighted by Gasteiger charge is -2.39. The first-order valence-corrected chi connectivity index (χ1v) is 8.54. The summed E-state index contributed by atoms with van der Waals surface area (Å²) in [7, 11) is 0. The number of ketones is 2. The number of hydrogen-bond acceptors (Lipinski definition) is 5. The van der Waals surface area contributed by atoms with Crippen molar-refractivity contribution in [2.45, 2.75) is 0 Å². The Morgan fingerprint density at radius 2 is 1.52 bits per heavy atom. The van der Waals surface area contributed by atoms with Crippen LogP contribution in [0, 0.1) is 0 Å². The monoisotopic (exact) mass is 353 g/mol. The number of nitrogens with zero attached hydrogens (tertiary/aromatic N) is 3. The Balaban J connectivity index is 1.58. The van der Waals surface area contributed by atoms with Crippen molar-refractivity contribution in [3.63, 3.8) is 0 Å². The van der Waals surface area contributed by atoms with Gasteiger partial charge in [0.25, 0.3) is 0 Å². The highest BCUT2D eigenvalue weighted by molar-refractivity contribution is 6.49. The third kappa shape index (κ3) is 2.70. The molecule has 6 heteroatoms. The molecule has 1 aliphatic carbocycles. The fraction of sp³-hybridized carbons (Fsp3) is 0.211. The quantitative estimate of drug-likeness (QED) is 0.831. The van der Waals surface area contributed by atoms with Gasteiger partial charge in [-0.15, -0.1) is 0 Å². The van der Waals surface area contributed by atoms with Gasteiger partial charge in [0.05, 0.1) is 5.56 Å². The van der Waals surface area contributed by atoms with E-state index in [1.54, 1.807) is 12.1 Å². The first-order chi connectivity index (χ1) is 12.2. The molecule has 0 saturated carbocycles. The third-order valence-electron chi connectivity index (χ3n) is 4.61. The number of fused-ring (bicyclic) bond motifs is 1. The zero-order chi connectivity index (χ0) is 17.4. The second-order valence-corrected chi connectivity index (χ2v) is 6.41. The summed E-state index contributed by atoms with van der Waals surface area (Å²) in [4.78, 5) is 33.5. The maximum atomic E-state index is 12.8. The molecule has 0 spiro atoms. The van der Waals surface area contributed by atoms with Gasteiger partial charge < -0.3 is 9.80 Å². The lowest BCUT2D eigenvalue weighted by atomic mass is 9.95. The maximum Gasteiger partial charge on any atom is 0.225 e. The summed E-state index contributed by atoms with van der Waals surface area (Å²) in [5, 5.41) is -0.0237. The third-order valence-corrected chi connectivity index (χ3v) is 4.96. The molecule has 0 unspecified atom stereocenters. The highest BCUT2D eigenvalue weighted by atomic mass is 35.5. The molecule has 0 radical (unpaired) electrons. The molecule has 0 N–H and O–H groups in total. The highest BCUT2D eigenvalue weighted by Gasteiger charge is 2.36. The van der Waals surface area contributed by atoms with Crippen molar-refractivity contribution in [2.75, 3.05) is 31.1 Å². The standard InChI is InChI=1S/C19H16ClN3O2/c20-15-17(18(24)14-7-4-8-21-16(14)19(15)25)23-11-9-22(10-12-23)13-5-2-1-3-6-13/h1-8H,9-12H2. The van der Waals surface area contributed by atoms with Crippen LogP contribution in [0.3, 0.4) is 0 Å². The molecule has 0 bridgehead atoms. The molecule has 1 aliphatic heterocycles. The summed E-state index contributed by atoms with van der Waals surface area (Å²) in [6.07, 6.45) is 1.50. The van der Waals surface area contributed by atoms with E-state index in [2.05, 4.69) is 22.0 Å². The zero-order valence-corrected chi connectivity index (χ0v) is 14.2.